The lowest BCUT2D eigenvalue weighted by molar-refractivity contribution is 0.306. The molecule has 0 unspecified atom stereocenters. The Bertz CT molecular complexity index is 1390. The normalized spacial score (nSPS) is 11.1. The van der Waals surface area contributed by atoms with Gasteiger partial charge in [-0.25, -0.2) is 4.39 Å². The molecule has 5 aromatic rings. The molecule has 4 aromatic carbocycles. The molecule has 2 nitrogen and oxygen atoms in total. The van der Waals surface area contributed by atoms with Crippen LogP contribution in [0.15, 0.2) is 102 Å². The van der Waals surface area contributed by atoms with Gasteiger partial charge in [0.1, 0.15) is 18.2 Å². The largest absolute Gasteiger partial charge is 0.489 e. The zero-order valence-corrected chi connectivity index (χ0v) is 19.8. The van der Waals surface area contributed by atoms with Gasteiger partial charge < -0.3 is 9.30 Å². The first-order chi connectivity index (χ1) is 16.1. The summed E-state index contributed by atoms with van der Waals surface area (Å²) in [5.41, 5.74) is 6.69. The average molecular weight is 500 g/mol. The Kier molecular flexibility index (Phi) is 6.01. The molecule has 5 rings (SSSR count). The Hall–Kier alpha value is -3.37. The van der Waals surface area contributed by atoms with Crippen LogP contribution in [0.3, 0.4) is 0 Å². The zero-order chi connectivity index (χ0) is 22.8. The molecule has 1 aromatic heterocycles. The van der Waals surface area contributed by atoms with Crippen LogP contribution in [0.4, 0.5) is 4.39 Å². The summed E-state index contributed by atoms with van der Waals surface area (Å²) < 4.78 is 23.1. The minimum atomic E-state index is -0.233. The number of ether oxygens (including phenoxy) is 1. The van der Waals surface area contributed by atoms with E-state index in [-0.39, 0.29) is 5.82 Å². The van der Waals surface area contributed by atoms with Gasteiger partial charge in [-0.2, -0.15) is 0 Å². The van der Waals surface area contributed by atoms with E-state index in [0.717, 1.165) is 43.5 Å². The van der Waals surface area contributed by atoms with Crippen molar-refractivity contribution in [2.45, 2.75) is 20.1 Å². The van der Waals surface area contributed by atoms with Gasteiger partial charge in [0.2, 0.25) is 0 Å². The molecule has 0 radical (unpaired) electrons. The first-order valence-corrected chi connectivity index (χ1v) is 11.7. The molecular formula is C29H23BrFNO. The van der Waals surface area contributed by atoms with Crippen molar-refractivity contribution < 1.29 is 9.13 Å². The van der Waals surface area contributed by atoms with Crippen LogP contribution >= 0.6 is 15.9 Å². The van der Waals surface area contributed by atoms with E-state index in [0.29, 0.717) is 13.2 Å². The van der Waals surface area contributed by atoms with E-state index >= 15 is 0 Å². The number of aryl methyl sites for hydroxylation is 1. The molecule has 0 bridgehead atoms. The summed E-state index contributed by atoms with van der Waals surface area (Å²) >= 11 is 3.52. The molecule has 0 aliphatic heterocycles. The van der Waals surface area contributed by atoms with Crippen molar-refractivity contribution in [1.82, 2.24) is 4.57 Å². The Morgan fingerprint density at radius 2 is 1.55 bits per heavy atom. The second-order valence-electron chi connectivity index (χ2n) is 8.15. The summed E-state index contributed by atoms with van der Waals surface area (Å²) in [5.74, 6) is 0.601. The number of fused-ring (bicyclic) bond motifs is 1. The van der Waals surface area contributed by atoms with Crippen molar-refractivity contribution in [2.24, 2.45) is 0 Å². The molecule has 0 fully saturated rings. The number of rotatable bonds is 6. The molecule has 0 aliphatic rings. The van der Waals surface area contributed by atoms with Gasteiger partial charge in [0, 0.05) is 21.9 Å². The van der Waals surface area contributed by atoms with E-state index in [4.69, 9.17) is 4.74 Å². The van der Waals surface area contributed by atoms with E-state index in [2.05, 4.69) is 76.0 Å². The quantitative estimate of drug-likeness (QED) is 0.230. The summed E-state index contributed by atoms with van der Waals surface area (Å²) in [6.07, 6.45) is 0. The summed E-state index contributed by atoms with van der Waals surface area (Å²) in [6, 6.07) is 31.5. The van der Waals surface area contributed by atoms with Crippen molar-refractivity contribution in [3.63, 3.8) is 0 Å². The minimum absolute atomic E-state index is 0.233. The molecule has 0 atom stereocenters. The summed E-state index contributed by atoms with van der Waals surface area (Å²) in [4.78, 5) is 0. The third kappa shape index (κ3) is 4.57. The molecule has 164 valence electrons. The van der Waals surface area contributed by atoms with Gasteiger partial charge in [-0.15, -0.1) is 0 Å². The van der Waals surface area contributed by atoms with E-state index in [1.807, 2.05) is 36.4 Å². The maximum Gasteiger partial charge on any atom is 0.123 e. The van der Waals surface area contributed by atoms with Crippen LogP contribution in [0.25, 0.3) is 22.2 Å². The Balaban J connectivity index is 1.58. The highest BCUT2D eigenvalue weighted by Gasteiger charge is 2.17. The number of aromatic nitrogens is 1. The lowest BCUT2D eigenvalue weighted by Gasteiger charge is -2.13. The first-order valence-electron chi connectivity index (χ1n) is 10.9. The third-order valence-electron chi connectivity index (χ3n) is 5.91. The molecule has 0 saturated heterocycles. The van der Waals surface area contributed by atoms with E-state index in [1.165, 1.54) is 17.7 Å². The van der Waals surface area contributed by atoms with Crippen molar-refractivity contribution in [1.29, 1.82) is 0 Å². The summed E-state index contributed by atoms with van der Waals surface area (Å²) in [5, 5.41) is 1.14. The highest BCUT2D eigenvalue weighted by Crippen LogP contribution is 2.36. The van der Waals surface area contributed by atoms with E-state index in [1.54, 1.807) is 0 Å². The van der Waals surface area contributed by atoms with Crippen LogP contribution in [0, 0.1) is 12.7 Å². The number of nitrogens with zero attached hydrogens (tertiary/aromatic N) is 1. The molecule has 4 heteroatoms. The maximum atomic E-state index is 13.6. The molecule has 33 heavy (non-hydrogen) atoms. The maximum absolute atomic E-state index is 13.6. The fourth-order valence-electron chi connectivity index (χ4n) is 4.25. The molecule has 1 heterocycles. The van der Waals surface area contributed by atoms with Crippen LogP contribution < -0.4 is 4.74 Å². The molecular weight excluding hydrogens is 477 g/mol. The minimum Gasteiger partial charge on any atom is -0.489 e. The Labute approximate surface area is 201 Å². The third-order valence-corrected chi connectivity index (χ3v) is 6.44. The topological polar surface area (TPSA) is 14.2 Å². The number of halogens is 2. The van der Waals surface area contributed by atoms with Crippen LogP contribution in [0.5, 0.6) is 5.75 Å². The number of hydrogen-bond donors (Lipinski definition) is 0. The highest BCUT2D eigenvalue weighted by atomic mass is 79.9. The molecule has 0 N–H and O–H groups in total. The van der Waals surface area contributed by atoms with Crippen LogP contribution in [-0.4, -0.2) is 4.57 Å². The fraction of sp³-hybridized carbons (Fsp3) is 0.103. The zero-order valence-electron chi connectivity index (χ0n) is 18.3. The van der Waals surface area contributed by atoms with Gasteiger partial charge in [-0.05, 0) is 83.8 Å². The van der Waals surface area contributed by atoms with Crippen LogP contribution in [0.1, 0.15) is 16.7 Å². The predicted octanol–water partition coefficient (Wildman–Crippen LogP) is 8.15. The molecule has 0 spiro atoms. The van der Waals surface area contributed by atoms with Gasteiger partial charge in [0.15, 0.2) is 0 Å². The number of hydrogen-bond acceptors (Lipinski definition) is 1. The summed E-state index contributed by atoms with van der Waals surface area (Å²) in [7, 11) is 0. The predicted molar refractivity (Wildman–Crippen MR) is 136 cm³/mol. The van der Waals surface area contributed by atoms with Crippen molar-refractivity contribution >= 4 is 26.8 Å². The highest BCUT2D eigenvalue weighted by molar-refractivity contribution is 9.10. The summed E-state index contributed by atoms with van der Waals surface area (Å²) in [6.45, 7) is 3.37. The van der Waals surface area contributed by atoms with Crippen molar-refractivity contribution in [3.8, 4) is 17.0 Å². The second kappa shape index (κ2) is 9.24. The van der Waals surface area contributed by atoms with E-state index in [9.17, 15) is 4.39 Å². The van der Waals surface area contributed by atoms with Crippen molar-refractivity contribution in [3.05, 3.63) is 124 Å². The SMILES string of the molecule is Cc1c(-c2ccc(F)cc2)n(Cc2ccc(Br)cc2)c2ccc(OCc3ccccc3)cc12. The lowest BCUT2D eigenvalue weighted by atomic mass is 10.1. The van der Waals surface area contributed by atoms with Gasteiger partial charge in [0.25, 0.3) is 0 Å². The van der Waals surface area contributed by atoms with Crippen LogP contribution in [0.2, 0.25) is 0 Å². The van der Waals surface area contributed by atoms with Crippen LogP contribution in [-0.2, 0) is 13.2 Å². The standard InChI is InChI=1S/C29H23BrFNO/c1-20-27-17-26(33-19-22-5-3-2-4-6-22)15-16-28(27)32(18-21-7-11-24(30)12-8-21)29(20)23-9-13-25(31)14-10-23/h2-17H,18-19H2,1H3. The van der Waals surface area contributed by atoms with Gasteiger partial charge in [-0.1, -0.05) is 58.4 Å². The van der Waals surface area contributed by atoms with Gasteiger partial charge >= 0.3 is 0 Å². The molecule has 0 aliphatic carbocycles. The van der Waals surface area contributed by atoms with Gasteiger partial charge in [0.05, 0.1) is 5.69 Å². The smallest absolute Gasteiger partial charge is 0.123 e. The Morgan fingerprint density at radius 3 is 2.27 bits per heavy atom. The first kappa shape index (κ1) is 21.5. The van der Waals surface area contributed by atoms with Gasteiger partial charge in [-0.3, -0.25) is 0 Å². The fourth-order valence-corrected chi connectivity index (χ4v) is 4.51. The molecule has 0 saturated carbocycles. The van der Waals surface area contributed by atoms with Crippen molar-refractivity contribution in [2.75, 3.05) is 0 Å². The molecule has 0 amide bonds. The van der Waals surface area contributed by atoms with E-state index < -0.39 is 0 Å². The average Bonchev–Trinajstić information content (AvgIpc) is 3.11. The Morgan fingerprint density at radius 1 is 0.818 bits per heavy atom. The monoisotopic (exact) mass is 499 g/mol. The lowest BCUT2D eigenvalue weighted by Crippen LogP contribution is -2.02. The second-order valence-corrected chi connectivity index (χ2v) is 9.06. The number of benzene rings is 4.